The maximum atomic E-state index is 12.2. The van der Waals surface area contributed by atoms with Crippen LogP contribution >= 0.6 is 11.3 Å². The molecule has 1 heterocycles. The molecule has 0 bridgehead atoms. The van der Waals surface area contributed by atoms with E-state index in [-0.39, 0.29) is 18.7 Å². The first-order valence-corrected chi connectivity index (χ1v) is 8.09. The minimum absolute atomic E-state index is 0.249. The van der Waals surface area contributed by atoms with Crippen molar-refractivity contribution in [3.8, 4) is 0 Å². The number of benzene rings is 1. The van der Waals surface area contributed by atoms with Crippen molar-refractivity contribution in [1.29, 1.82) is 0 Å². The number of thiophene rings is 1. The molecule has 2 aromatic rings. The Hall–Kier alpha value is -2.14. The van der Waals surface area contributed by atoms with Crippen molar-refractivity contribution in [2.75, 3.05) is 0 Å². The van der Waals surface area contributed by atoms with Crippen molar-refractivity contribution < 1.29 is 14.7 Å². The summed E-state index contributed by atoms with van der Waals surface area (Å²) < 4.78 is 0. The van der Waals surface area contributed by atoms with Crippen LogP contribution in [0.5, 0.6) is 0 Å². The van der Waals surface area contributed by atoms with E-state index in [0.717, 1.165) is 4.88 Å². The number of carbonyl (C=O) groups is 2. The van der Waals surface area contributed by atoms with Gasteiger partial charge in [-0.1, -0.05) is 43.3 Å². The Balaban J connectivity index is 2.13. The van der Waals surface area contributed by atoms with Gasteiger partial charge in [0.1, 0.15) is 0 Å². The van der Waals surface area contributed by atoms with Crippen molar-refractivity contribution >= 4 is 23.2 Å². The minimum atomic E-state index is -1.37. The standard InChI is InChI=1S/C17H19NO3S/c1-2-17(16(20)21,13-7-4-3-5-8-13)18-15(19)11-10-14-9-6-12-22-14/h3-9,12H,2,10-11H2,1H3,(H,18,19)(H,20,21). The van der Waals surface area contributed by atoms with Gasteiger partial charge >= 0.3 is 5.97 Å². The highest BCUT2D eigenvalue weighted by molar-refractivity contribution is 7.09. The van der Waals surface area contributed by atoms with Crippen LogP contribution in [0.2, 0.25) is 0 Å². The van der Waals surface area contributed by atoms with E-state index in [1.807, 2.05) is 23.6 Å². The molecule has 2 rings (SSSR count). The van der Waals surface area contributed by atoms with Gasteiger partial charge in [-0.15, -0.1) is 11.3 Å². The lowest BCUT2D eigenvalue weighted by atomic mass is 9.87. The summed E-state index contributed by atoms with van der Waals surface area (Å²) in [6.07, 6.45) is 1.19. The molecule has 22 heavy (non-hydrogen) atoms. The van der Waals surface area contributed by atoms with Gasteiger partial charge in [0, 0.05) is 11.3 Å². The highest BCUT2D eigenvalue weighted by atomic mass is 32.1. The average Bonchev–Trinajstić information content (AvgIpc) is 3.04. The third-order valence-corrected chi connectivity index (χ3v) is 4.63. The lowest BCUT2D eigenvalue weighted by Crippen LogP contribution is -2.51. The maximum absolute atomic E-state index is 12.2. The quantitative estimate of drug-likeness (QED) is 0.824. The number of aryl methyl sites for hydroxylation is 1. The van der Waals surface area contributed by atoms with Crippen molar-refractivity contribution in [1.82, 2.24) is 5.32 Å². The highest BCUT2D eigenvalue weighted by Gasteiger charge is 2.39. The van der Waals surface area contributed by atoms with Crippen LogP contribution in [0, 0.1) is 0 Å². The van der Waals surface area contributed by atoms with Crippen molar-refractivity contribution in [2.24, 2.45) is 0 Å². The molecule has 1 unspecified atom stereocenters. The minimum Gasteiger partial charge on any atom is -0.479 e. The predicted octanol–water partition coefficient (Wildman–Crippen LogP) is 3.19. The number of hydrogen-bond acceptors (Lipinski definition) is 3. The molecular formula is C17H19NO3S. The molecule has 0 aliphatic heterocycles. The molecule has 2 N–H and O–H groups in total. The Morgan fingerprint density at radius 2 is 1.91 bits per heavy atom. The molecule has 1 aromatic heterocycles. The molecule has 5 heteroatoms. The smallest absolute Gasteiger partial charge is 0.334 e. The molecular weight excluding hydrogens is 298 g/mol. The monoisotopic (exact) mass is 317 g/mol. The third-order valence-electron chi connectivity index (χ3n) is 3.69. The Morgan fingerprint density at radius 1 is 1.18 bits per heavy atom. The fraction of sp³-hybridized carbons (Fsp3) is 0.294. The molecule has 116 valence electrons. The zero-order chi connectivity index (χ0) is 16.0. The summed E-state index contributed by atoms with van der Waals surface area (Å²) in [7, 11) is 0. The van der Waals surface area contributed by atoms with Crippen LogP contribution in [0.25, 0.3) is 0 Å². The summed E-state index contributed by atoms with van der Waals surface area (Å²) in [6.45, 7) is 1.76. The Morgan fingerprint density at radius 3 is 2.45 bits per heavy atom. The molecule has 0 aliphatic rings. The maximum Gasteiger partial charge on any atom is 0.334 e. The summed E-state index contributed by atoms with van der Waals surface area (Å²) in [6, 6.07) is 12.8. The molecule has 4 nitrogen and oxygen atoms in total. The lowest BCUT2D eigenvalue weighted by Gasteiger charge is -2.30. The normalized spacial score (nSPS) is 13.3. The van der Waals surface area contributed by atoms with Gasteiger partial charge in [-0.05, 0) is 29.9 Å². The van der Waals surface area contributed by atoms with Crippen LogP contribution in [-0.2, 0) is 21.5 Å². The van der Waals surface area contributed by atoms with Gasteiger partial charge in [0.05, 0.1) is 0 Å². The number of nitrogens with one attached hydrogen (secondary N) is 1. The molecule has 1 atom stereocenters. The number of rotatable bonds is 7. The second-order valence-corrected chi connectivity index (χ2v) is 6.09. The molecule has 0 fully saturated rings. The van der Waals surface area contributed by atoms with E-state index in [9.17, 15) is 14.7 Å². The van der Waals surface area contributed by atoms with Gasteiger partial charge in [0.2, 0.25) is 5.91 Å². The summed E-state index contributed by atoms with van der Waals surface area (Å²) in [5.41, 5.74) is -0.775. The summed E-state index contributed by atoms with van der Waals surface area (Å²) in [5, 5.41) is 14.4. The number of carboxylic acids is 1. The van der Waals surface area contributed by atoms with Crippen molar-refractivity contribution in [3.63, 3.8) is 0 Å². The predicted molar refractivity (Wildman–Crippen MR) is 86.8 cm³/mol. The molecule has 0 radical (unpaired) electrons. The molecule has 0 saturated heterocycles. The van der Waals surface area contributed by atoms with E-state index >= 15 is 0 Å². The highest BCUT2D eigenvalue weighted by Crippen LogP contribution is 2.26. The van der Waals surface area contributed by atoms with E-state index in [4.69, 9.17) is 0 Å². The Labute approximate surface area is 133 Å². The lowest BCUT2D eigenvalue weighted by molar-refractivity contribution is -0.148. The van der Waals surface area contributed by atoms with E-state index in [0.29, 0.717) is 12.0 Å². The topological polar surface area (TPSA) is 66.4 Å². The molecule has 1 amide bonds. The fourth-order valence-corrected chi connectivity index (χ4v) is 3.12. The SMILES string of the molecule is CCC(NC(=O)CCc1cccs1)(C(=O)O)c1ccccc1. The van der Waals surface area contributed by atoms with Gasteiger partial charge in [-0.25, -0.2) is 4.79 Å². The van der Waals surface area contributed by atoms with Crippen LogP contribution in [-0.4, -0.2) is 17.0 Å². The van der Waals surface area contributed by atoms with Crippen LogP contribution < -0.4 is 5.32 Å². The summed E-state index contributed by atoms with van der Waals surface area (Å²) in [5.74, 6) is -1.29. The molecule has 0 saturated carbocycles. The number of carboxylic acid groups (broad SMARTS) is 1. The number of carbonyl (C=O) groups excluding carboxylic acids is 1. The molecule has 0 spiro atoms. The van der Waals surface area contributed by atoms with E-state index < -0.39 is 11.5 Å². The summed E-state index contributed by atoms with van der Waals surface area (Å²) >= 11 is 1.60. The second-order valence-electron chi connectivity index (χ2n) is 5.06. The first kappa shape index (κ1) is 16.2. The largest absolute Gasteiger partial charge is 0.479 e. The first-order valence-electron chi connectivity index (χ1n) is 7.21. The van der Waals surface area contributed by atoms with Crippen LogP contribution in [0.4, 0.5) is 0 Å². The van der Waals surface area contributed by atoms with Crippen molar-refractivity contribution in [2.45, 2.75) is 31.7 Å². The van der Waals surface area contributed by atoms with E-state index in [2.05, 4.69) is 5.32 Å². The van der Waals surface area contributed by atoms with Gasteiger partial charge in [-0.3, -0.25) is 4.79 Å². The Kier molecular flexibility index (Phi) is 5.33. The number of amides is 1. The number of hydrogen-bond donors (Lipinski definition) is 2. The van der Waals surface area contributed by atoms with Gasteiger partial charge < -0.3 is 10.4 Å². The van der Waals surface area contributed by atoms with Crippen LogP contribution in [0.15, 0.2) is 47.8 Å². The zero-order valence-corrected chi connectivity index (χ0v) is 13.2. The average molecular weight is 317 g/mol. The fourth-order valence-electron chi connectivity index (χ4n) is 2.41. The van der Waals surface area contributed by atoms with E-state index in [1.54, 1.807) is 42.5 Å². The van der Waals surface area contributed by atoms with Crippen LogP contribution in [0.3, 0.4) is 0 Å². The molecule has 1 aromatic carbocycles. The van der Waals surface area contributed by atoms with E-state index in [1.165, 1.54) is 0 Å². The van der Waals surface area contributed by atoms with Gasteiger partial charge in [0.25, 0.3) is 0 Å². The van der Waals surface area contributed by atoms with Crippen molar-refractivity contribution in [3.05, 3.63) is 58.3 Å². The number of aliphatic carboxylic acids is 1. The van der Waals surface area contributed by atoms with Gasteiger partial charge in [-0.2, -0.15) is 0 Å². The third kappa shape index (κ3) is 3.54. The molecule has 0 aliphatic carbocycles. The first-order chi connectivity index (χ1) is 10.6. The summed E-state index contributed by atoms with van der Waals surface area (Å²) in [4.78, 5) is 25.1. The second kappa shape index (κ2) is 7.22. The van der Waals surface area contributed by atoms with Gasteiger partial charge in [0.15, 0.2) is 5.54 Å². The Bertz CT molecular complexity index is 625. The van der Waals surface area contributed by atoms with Crippen LogP contribution in [0.1, 0.15) is 30.2 Å². The zero-order valence-electron chi connectivity index (χ0n) is 12.4.